The lowest BCUT2D eigenvalue weighted by molar-refractivity contribution is -0.121. The number of methoxy groups -OCH3 is 1. The van der Waals surface area contributed by atoms with Crippen LogP contribution in [-0.2, 0) is 11.3 Å². The monoisotopic (exact) mass is 547 g/mol. The summed E-state index contributed by atoms with van der Waals surface area (Å²) in [5, 5.41) is 9.23. The Kier molecular flexibility index (Phi) is 7.81. The molecule has 206 valence electrons. The Balaban J connectivity index is 1.23. The highest BCUT2D eigenvalue weighted by molar-refractivity contribution is 6.04. The van der Waals surface area contributed by atoms with Crippen LogP contribution in [0.25, 0.3) is 22.2 Å². The van der Waals surface area contributed by atoms with Gasteiger partial charge in [0.05, 0.1) is 25.1 Å². The number of halogens is 2. The zero-order chi connectivity index (χ0) is 28.2. The molecule has 0 saturated heterocycles. The van der Waals surface area contributed by atoms with Gasteiger partial charge in [-0.1, -0.05) is 6.07 Å². The minimum atomic E-state index is -1.11. The normalized spacial score (nSPS) is 13.2. The molecule has 11 heteroatoms. The van der Waals surface area contributed by atoms with Crippen molar-refractivity contribution in [2.45, 2.75) is 39.2 Å². The molecule has 1 aliphatic rings. The highest BCUT2D eigenvalue weighted by Crippen LogP contribution is 2.32. The van der Waals surface area contributed by atoms with Gasteiger partial charge in [-0.2, -0.15) is 14.6 Å². The molecule has 5 rings (SSSR count). The number of nitrogens with zero attached hydrogens (tertiary/aromatic N) is 4. The summed E-state index contributed by atoms with van der Waals surface area (Å²) in [6, 6.07) is 13.5. The predicted molar refractivity (Wildman–Crippen MR) is 146 cm³/mol. The van der Waals surface area contributed by atoms with Crippen molar-refractivity contribution in [3.8, 4) is 22.8 Å². The lowest BCUT2D eigenvalue weighted by Crippen LogP contribution is -2.26. The van der Waals surface area contributed by atoms with E-state index < -0.39 is 11.6 Å². The first-order valence-electron chi connectivity index (χ1n) is 12.8. The maximum Gasteiger partial charge on any atom is 0.266 e. The molecule has 0 bridgehead atoms. The van der Waals surface area contributed by atoms with E-state index in [9.17, 15) is 18.4 Å². The second-order valence-electron chi connectivity index (χ2n) is 9.33. The Morgan fingerprint density at radius 1 is 0.925 bits per heavy atom. The molecule has 2 aromatic heterocycles. The summed E-state index contributed by atoms with van der Waals surface area (Å²) in [5.74, 6) is -2.02. The number of ether oxygens (including phenoxy) is 2. The van der Waals surface area contributed by atoms with Gasteiger partial charge >= 0.3 is 0 Å². The maximum absolute atomic E-state index is 14.6. The number of carbonyl (C=O) groups excluding carboxylic acids is 1. The average molecular weight is 548 g/mol. The first-order valence-corrected chi connectivity index (χ1v) is 12.8. The third kappa shape index (κ3) is 5.54. The molecule has 0 fully saturated rings. The number of amides is 1. The van der Waals surface area contributed by atoms with Gasteiger partial charge in [0.15, 0.2) is 11.6 Å². The lowest BCUT2D eigenvalue weighted by Gasteiger charge is -2.14. The van der Waals surface area contributed by atoms with Crippen LogP contribution in [0.5, 0.6) is 11.5 Å². The van der Waals surface area contributed by atoms with Crippen molar-refractivity contribution in [3.63, 3.8) is 0 Å². The number of hydrogen-bond acceptors (Lipinski definition) is 7. The number of benzene rings is 2. The molecule has 0 unspecified atom stereocenters. The van der Waals surface area contributed by atoms with E-state index in [1.165, 1.54) is 22.9 Å². The molecule has 3 heterocycles. The molecule has 0 spiro atoms. The van der Waals surface area contributed by atoms with Crippen LogP contribution in [0.1, 0.15) is 36.9 Å². The standard InChI is InChI=1S/C29H27F2N5O4/c1-17-5-6-19-18(7-12-24(39-2)29(19)32-17)22-10-14-26(38)36(35-22)15-3-4-16-40-23-11-8-20(27(30)28(23)31)21-9-13-25(37)34-33-21/h5-8,10-12,14H,3-4,9,13,15-16H2,1-2H3,(H,34,37). The van der Waals surface area contributed by atoms with Gasteiger partial charge in [-0.3, -0.25) is 9.59 Å². The van der Waals surface area contributed by atoms with Gasteiger partial charge in [-0.15, -0.1) is 0 Å². The summed E-state index contributed by atoms with van der Waals surface area (Å²) in [4.78, 5) is 28.3. The van der Waals surface area contributed by atoms with E-state index in [1.807, 2.05) is 31.2 Å². The second-order valence-corrected chi connectivity index (χ2v) is 9.33. The predicted octanol–water partition coefficient (Wildman–Crippen LogP) is 4.53. The number of carbonyl (C=O) groups is 1. The van der Waals surface area contributed by atoms with Crippen LogP contribution < -0.4 is 20.5 Å². The van der Waals surface area contributed by atoms with E-state index in [4.69, 9.17) is 9.47 Å². The largest absolute Gasteiger partial charge is 0.494 e. The SMILES string of the molecule is COc1ccc(-c2ccc(=O)n(CCCCOc3ccc(C4=NNC(=O)CC4)c(F)c3F)n2)c2ccc(C)nc12. The number of rotatable bonds is 9. The second kappa shape index (κ2) is 11.6. The lowest BCUT2D eigenvalue weighted by atomic mass is 10.0. The molecule has 1 N–H and O–H groups in total. The average Bonchev–Trinajstić information content (AvgIpc) is 2.96. The van der Waals surface area contributed by atoms with Crippen molar-refractivity contribution in [3.05, 3.63) is 81.8 Å². The van der Waals surface area contributed by atoms with E-state index in [0.29, 0.717) is 36.3 Å². The van der Waals surface area contributed by atoms with E-state index in [2.05, 4.69) is 20.6 Å². The summed E-state index contributed by atoms with van der Waals surface area (Å²) < 4.78 is 41.5. The molecule has 4 aromatic rings. The Morgan fingerprint density at radius 3 is 2.50 bits per heavy atom. The summed E-state index contributed by atoms with van der Waals surface area (Å²) >= 11 is 0. The summed E-state index contributed by atoms with van der Waals surface area (Å²) in [6.45, 7) is 2.35. The zero-order valence-corrected chi connectivity index (χ0v) is 22.0. The fourth-order valence-electron chi connectivity index (χ4n) is 4.51. The highest BCUT2D eigenvalue weighted by Gasteiger charge is 2.21. The maximum atomic E-state index is 14.6. The number of aryl methyl sites for hydroxylation is 2. The van der Waals surface area contributed by atoms with Gasteiger partial charge in [0, 0.05) is 47.7 Å². The number of aromatic nitrogens is 3. The van der Waals surface area contributed by atoms with Gasteiger partial charge < -0.3 is 9.47 Å². The number of hydrazone groups is 1. The Morgan fingerprint density at radius 2 is 1.73 bits per heavy atom. The molecular formula is C29H27F2N5O4. The molecule has 1 aliphatic heterocycles. The molecule has 0 atom stereocenters. The van der Waals surface area contributed by atoms with Crippen LogP contribution in [-0.4, -0.2) is 40.1 Å². The number of pyridine rings is 1. The smallest absolute Gasteiger partial charge is 0.266 e. The molecule has 40 heavy (non-hydrogen) atoms. The fourth-order valence-corrected chi connectivity index (χ4v) is 4.51. The topological polar surface area (TPSA) is 108 Å². The number of fused-ring (bicyclic) bond motifs is 1. The van der Waals surface area contributed by atoms with Crippen molar-refractivity contribution in [1.29, 1.82) is 0 Å². The van der Waals surface area contributed by atoms with Crippen LogP contribution in [0.4, 0.5) is 8.78 Å². The molecule has 0 aliphatic carbocycles. The number of nitrogens with one attached hydrogen (secondary N) is 1. The molecule has 0 radical (unpaired) electrons. The van der Waals surface area contributed by atoms with E-state index >= 15 is 0 Å². The van der Waals surface area contributed by atoms with E-state index in [1.54, 1.807) is 13.2 Å². The summed E-state index contributed by atoms with van der Waals surface area (Å²) in [6.07, 6.45) is 1.39. The van der Waals surface area contributed by atoms with E-state index in [0.717, 1.165) is 16.6 Å². The van der Waals surface area contributed by atoms with Crippen molar-refractivity contribution in [2.24, 2.45) is 5.10 Å². The number of hydrogen-bond donors (Lipinski definition) is 1. The van der Waals surface area contributed by atoms with Crippen LogP contribution in [0, 0.1) is 18.6 Å². The summed E-state index contributed by atoms with van der Waals surface area (Å²) in [5.41, 5.74) is 5.31. The Hall–Kier alpha value is -4.67. The Labute approximate surface area is 228 Å². The molecule has 9 nitrogen and oxygen atoms in total. The van der Waals surface area contributed by atoms with Crippen LogP contribution >= 0.6 is 0 Å². The third-order valence-corrected chi connectivity index (χ3v) is 6.61. The first-order chi connectivity index (χ1) is 19.4. The third-order valence-electron chi connectivity index (χ3n) is 6.61. The minimum Gasteiger partial charge on any atom is -0.494 e. The van der Waals surface area contributed by atoms with Gasteiger partial charge in [-0.25, -0.2) is 19.5 Å². The molecular weight excluding hydrogens is 520 g/mol. The van der Waals surface area contributed by atoms with Crippen molar-refractivity contribution >= 4 is 22.5 Å². The van der Waals surface area contributed by atoms with Gasteiger partial charge in [-0.05, 0) is 56.2 Å². The van der Waals surface area contributed by atoms with Crippen molar-refractivity contribution < 1.29 is 23.0 Å². The Bertz CT molecular complexity index is 1690. The molecule has 0 saturated carbocycles. The first kappa shape index (κ1) is 26.9. The van der Waals surface area contributed by atoms with Gasteiger partial charge in [0.25, 0.3) is 5.56 Å². The van der Waals surface area contributed by atoms with Crippen LogP contribution in [0.3, 0.4) is 0 Å². The molecule has 2 aromatic carbocycles. The highest BCUT2D eigenvalue weighted by atomic mass is 19.2. The van der Waals surface area contributed by atoms with Crippen LogP contribution in [0.15, 0.2) is 58.4 Å². The van der Waals surface area contributed by atoms with E-state index in [-0.39, 0.29) is 47.9 Å². The summed E-state index contributed by atoms with van der Waals surface area (Å²) in [7, 11) is 1.59. The minimum absolute atomic E-state index is 0.00858. The van der Waals surface area contributed by atoms with Crippen molar-refractivity contribution in [1.82, 2.24) is 20.2 Å². The van der Waals surface area contributed by atoms with Gasteiger partial charge in [0.2, 0.25) is 11.7 Å². The fraction of sp³-hybridized carbons (Fsp3) is 0.276. The van der Waals surface area contributed by atoms with Crippen LogP contribution in [0.2, 0.25) is 0 Å². The zero-order valence-electron chi connectivity index (χ0n) is 22.0. The van der Waals surface area contributed by atoms with Crippen molar-refractivity contribution in [2.75, 3.05) is 13.7 Å². The molecule has 1 amide bonds. The quantitative estimate of drug-likeness (QED) is 0.309. The van der Waals surface area contributed by atoms with Gasteiger partial charge in [0.1, 0.15) is 11.3 Å². The number of unbranched alkanes of at least 4 members (excludes halogenated alkanes) is 1.